The summed E-state index contributed by atoms with van der Waals surface area (Å²) in [7, 11) is 0. The van der Waals surface area contributed by atoms with Crippen LogP contribution in [0.3, 0.4) is 0 Å². The van der Waals surface area contributed by atoms with Gasteiger partial charge in [0.05, 0.1) is 23.3 Å². The van der Waals surface area contributed by atoms with Crippen LogP contribution < -0.4 is 28.9 Å². The molecule has 5 heterocycles. The van der Waals surface area contributed by atoms with Crippen LogP contribution in [-0.2, 0) is 19.5 Å². The van der Waals surface area contributed by atoms with Crippen LogP contribution in [0, 0.1) is 27.7 Å². The van der Waals surface area contributed by atoms with E-state index in [-0.39, 0.29) is 19.5 Å². The molecule has 0 aliphatic carbocycles. The molecule has 0 saturated carbocycles. The van der Waals surface area contributed by atoms with E-state index in [1.807, 2.05) is 198 Å². The van der Waals surface area contributed by atoms with Gasteiger partial charge in [-0.3, -0.25) is 0 Å². The molecule has 13 heteroatoms. The number of benzene rings is 8. The van der Waals surface area contributed by atoms with E-state index in [0.29, 0.717) is 114 Å². The molecule has 11 aromatic rings. The van der Waals surface area contributed by atoms with Gasteiger partial charge in [-0.1, -0.05) is 48.5 Å². The quantitative estimate of drug-likeness (QED) is 0.134. The molecule has 2 aliphatic rings. The molecule has 0 unspecified atom stereocenters. The zero-order valence-corrected chi connectivity index (χ0v) is 43.1. The predicted octanol–water partition coefficient (Wildman–Crippen LogP) is 14.5. The number of nitrogens with zero attached hydrogens (tertiary/aromatic N) is 8. The van der Waals surface area contributed by atoms with Gasteiger partial charge in [-0.05, 0) is 193 Å². The van der Waals surface area contributed by atoms with Gasteiger partial charge < -0.3 is 48.9 Å². The number of hydrogen-bond donors (Lipinski definition) is 0. The molecule has 0 N–H and O–H groups in total. The monoisotopic (exact) mass is 1000 g/mol. The number of rotatable bonds is 8. The Morgan fingerprint density at radius 1 is 0.274 bits per heavy atom. The Kier molecular flexibility index (Phi) is 11.3. The van der Waals surface area contributed by atoms with E-state index in [1.54, 1.807) is 0 Å². The van der Waals surface area contributed by atoms with Crippen LogP contribution in [0.15, 0.2) is 170 Å². The van der Waals surface area contributed by atoms with E-state index in [9.17, 15) is 0 Å². The molecular weight excluding hydrogens is 962 g/mol. The third kappa shape index (κ3) is 8.81. The van der Waals surface area contributed by atoms with Gasteiger partial charge in [0.1, 0.15) is 46.0 Å². The van der Waals surface area contributed by atoms with Crippen LogP contribution >= 0.6 is 0 Å². The Labute approximate surface area is 431 Å². The fraction of sp³-hybridized carbons (Fsp3) is 0.0667. The van der Waals surface area contributed by atoms with Crippen molar-refractivity contribution in [3.63, 3.8) is 0 Å². The van der Waals surface area contributed by atoms with Gasteiger partial charge in [-0.2, -0.15) is 0 Å². The van der Waals surface area contributed by atoms with E-state index in [0.717, 1.165) is 44.2 Å². The third-order valence-corrected chi connectivity index (χ3v) is 12.5. The molecule has 0 fully saturated rings. The second kappa shape index (κ2) is 18.3. The zero-order chi connectivity index (χ0) is 48.5. The molecule has 0 saturated heterocycles. The van der Waals surface area contributed by atoms with Crippen molar-refractivity contribution in [1.29, 1.82) is 0 Å². The Morgan fingerprint density at radius 2 is 0.562 bits per heavy atom. The summed E-state index contributed by atoms with van der Waals surface area (Å²) in [5.74, 6) is 6.85. The van der Waals surface area contributed by atoms with Crippen LogP contribution in [0.2, 0.25) is 0 Å². The first-order valence-electron chi connectivity index (χ1n) is 23.4. The largest absolute Gasteiger partial charge is 2.00 e. The minimum absolute atomic E-state index is 0. The minimum atomic E-state index is 0. The fourth-order valence-electron chi connectivity index (χ4n) is 9.09. The van der Waals surface area contributed by atoms with E-state index >= 15 is 0 Å². The molecule has 8 bridgehead atoms. The van der Waals surface area contributed by atoms with Crippen molar-refractivity contribution in [2.24, 2.45) is 0 Å². The average Bonchev–Trinajstić information content (AvgIpc) is 4.09. The van der Waals surface area contributed by atoms with Crippen molar-refractivity contribution in [1.82, 2.24) is 39.9 Å². The minimum Gasteiger partial charge on any atom is -0.457 e. The third-order valence-electron chi connectivity index (χ3n) is 12.5. The molecule has 346 valence electrons. The predicted molar refractivity (Wildman–Crippen MR) is 279 cm³/mol. The van der Waals surface area contributed by atoms with Gasteiger partial charge >= 0.3 is 19.5 Å². The number of fused-ring (bicyclic) bond motifs is 20. The first-order chi connectivity index (χ1) is 35.2. The molecule has 8 aromatic carbocycles. The van der Waals surface area contributed by atoms with E-state index < -0.39 is 0 Å². The molecule has 13 rings (SSSR count). The summed E-state index contributed by atoms with van der Waals surface area (Å²) in [5, 5.41) is 2.89. The summed E-state index contributed by atoms with van der Waals surface area (Å²) in [5.41, 5.74) is 8.80. The smallest absolute Gasteiger partial charge is 0.457 e. The van der Waals surface area contributed by atoms with E-state index in [4.69, 9.17) is 58.8 Å². The van der Waals surface area contributed by atoms with Gasteiger partial charge in [0, 0.05) is 44.8 Å². The van der Waals surface area contributed by atoms with Crippen molar-refractivity contribution >= 4 is 44.1 Å². The van der Waals surface area contributed by atoms with Crippen LogP contribution in [0.5, 0.6) is 46.0 Å². The molecule has 12 nitrogen and oxygen atoms in total. The molecule has 0 spiro atoms. The van der Waals surface area contributed by atoms with Crippen LogP contribution in [0.25, 0.3) is 89.7 Å². The molecule has 3 aromatic heterocycles. The Balaban J connectivity index is 0.00000543. The Morgan fingerprint density at radius 3 is 0.904 bits per heavy atom. The molecule has 0 atom stereocenters. The van der Waals surface area contributed by atoms with Crippen molar-refractivity contribution in [2.75, 3.05) is 0 Å². The van der Waals surface area contributed by atoms with Gasteiger partial charge in [0.2, 0.25) is 0 Å². The second-order valence-corrected chi connectivity index (χ2v) is 18.0. The molecular formula is C60H40N8O4Zn. The summed E-state index contributed by atoms with van der Waals surface area (Å²) >= 11 is 0. The maximum absolute atomic E-state index is 6.42. The summed E-state index contributed by atoms with van der Waals surface area (Å²) < 4.78 is 25.7. The van der Waals surface area contributed by atoms with Crippen molar-refractivity contribution in [2.45, 2.75) is 27.7 Å². The zero-order valence-electron chi connectivity index (χ0n) is 40.1. The van der Waals surface area contributed by atoms with Gasteiger partial charge in [-0.25, -0.2) is 9.97 Å². The summed E-state index contributed by atoms with van der Waals surface area (Å²) in [6, 6.07) is 54.9. The van der Waals surface area contributed by atoms with Crippen LogP contribution in [-0.4, -0.2) is 29.9 Å². The fourth-order valence-corrected chi connectivity index (χ4v) is 9.09. The molecule has 73 heavy (non-hydrogen) atoms. The van der Waals surface area contributed by atoms with Crippen LogP contribution in [0.1, 0.15) is 22.3 Å². The second-order valence-electron chi connectivity index (χ2n) is 18.0. The summed E-state index contributed by atoms with van der Waals surface area (Å²) in [4.78, 5) is 41.5. The van der Waals surface area contributed by atoms with E-state index in [2.05, 4.69) is 0 Å². The Bertz CT molecular complexity index is 3940. The maximum atomic E-state index is 6.42. The number of aryl methyl sites for hydroxylation is 4. The first-order valence-corrected chi connectivity index (χ1v) is 23.4. The van der Waals surface area contributed by atoms with E-state index in [1.165, 1.54) is 0 Å². The van der Waals surface area contributed by atoms with Crippen LogP contribution in [0.4, 0.5) is 0 Å². The normalized spacial score (nSPS) is 11.5. The van der Waals surface area contributed by atoms with Crippen molar-refractivity contribution in [3.05, 3.63) is 192 Å². The summed E-state index contributed by atoms with van der Waals surface area (Å²) in [6.45, 7) is 8.13. The average molecular weight is 1000 g/mol. The first kappa shape index (κ1) is 45.1. The summed E-state index contributed by atoms with van der Waals surface area (Å²) in [6.07, 6.45) is 0. The standard InChI is InChI=1S/C60H40N8O4.Zn/c1-33-9-5-13-37(25-33)69-41-17-21-45-49(29-41)57-61-53(45)66-58-51-31-43(71-39-15-7-11-35(3)27-39)19-23-47(51)55(63-58)68-60-52-32-44(72-40-16-8-12-36(4)28-40)20-24-48(52)56(64-60)67-59-50-30-42(18-22-46(50)54(62-59)65-57)70-38-14-6-10-34(2)26-38;/h5-32H,1-4H3;/q-2;+2. The Hall–Kier alpha value is -9.06. The maximum Gasteiger partial charge on any atom is 2.00 e. The van der Waals surface area contributed by atoms with Crippen molar-refractivity contribution in [3.8, 4) is 91.5 Å². The molecule has 0 amide bonds. The molecule has 0 radical (unpaired) electrons. The SMILES string of the molecule is Cc1cccc(Oc2ccc3c(c2)-c2nc-3nc3[n-]c(nc4nc(nc5[n-]c(n2)c2ccc(Oc6cccc(C)c6)cc52)-c2ccc(Oc5cccc(C)c5)cc2-4)c2ccc(Oc4cccc(C)c4)cc32)c1.[Zn+2]. The van der Waals surface area contributed by atoms with Gasteiger partial charge in [0.25, 0.3) is 0 Å². The number of hydrogen-bond acceptors (Lipinski definition) is 10. The van der Waals surface area contributed by atoms with Crippen molar-refractivity contribution < 1.29 is 38.4 Å². The topological polar surface area (TPSA) is 142 Å². The number of aromatic nitrogens is 8. The van der Waals surface area contributed by atoms with Gasteiger partial charge in [0.15, 0.2) is 0 Å². The van der Waals surface area contributed by atoms with Gasteiger partial charge in [-0.15, -0.1) is 0 Å². The number of ether oxygens (including phenoxy) is 4. The molecule has 2 aliphatic heterocycles.